The number of likely N-dealkylation sites (tertiary alicyclic amines) is 1. The summed E-state index contributed by atoms with van der Waals surface area (Å²) in [5, 5.41) is 14.4. The van der Waals surface area contributed by atoms with Crippen molar-refractivity contribution in [3.05, 3.63) is 39.4 Å². The molecule has 0 saturated carbocycles. The molecule has 1 unspecified atom stereocenters. The van der Waals surface area contributed by atoms with Crippen molar-refractivity contribution in [2.45, 2.75) is 39.3 Å². The van der Waals surface area contributed by atoms with Gasteiger partial charge in [0, 0.05) is 30.8 Å². The molecule has 0 aliphatic carbocycles. The van der Waals surface area contributed by atoms with Crippen LogP contribution < -0.4 is 5.32 Å². The maximum absolute atomic E-state index is 10.9. The molecule has 1 atom stereocenters. The first-order chi connectivity index (χ1) is 9.56. The quantitative estimate of drug-likeness (QED) is 0.641. The minimum atomic E-state index is -0.313. The Hall–Kier alpha value is -1.46. The van der Waals surface area contributed by atoms with Crippen LogP contribution in [0.5, 0.6) is 0 Å². The number of nitro benzene ring substituents is 1. The smallest absolute Gasteiger partial charge is 0.272 e. The van der Waals surface area contributed by atoms with E-state index in [1.54, 1.807) is 13.0 Å². The van der Waals surface area contributed by atoms with Crippen LogP contribution in [0.2, 0.25) is 0 Å². The standard InChI is InChI=1S/C15H23N3O2/c1-12-5-6-14(9-15(12)18(19)20)10-16-13(2)11-17-7-3-4-8-17/h5-6,9,13,16H,3-4,7-8,10-11H2,1-2H3. The second-order valence-corrected chi connectivity index (χ2v) is 5.67. The number of hydrogen-bond donors (Lipinski definition) is 1. The largest absolute Gasteiger partial charge is 0.309 e. The van der Waals surface area contributed by atoms with Gasteiger partial charge in [-0.2, -0.15) is 0 Å². The maximum Gasteiger partial charge on any atom is 0.272 e. The van der Waals surface area contributed by atoms with Gasteiger partial charge in [0.15, 0.2) is 0 Å². The van der Waals surface area contributed by atoms with Gasteiger partial charge in [-0.05, 0) is 45.3 Å². The Morgan fingerprint density at radius 2 is 2.10 bits per heavy atom. The summed E-state index contributed by atoms with van der Waals surface area (Å²) in [6.07, 6.45) is 2.60. The fraction of sp³-hybridized carbons (Fsp3) is 0.600. The molecule has 1 saturated heterocycles. The molecule has 1 aliphatic rings. The summed E-state index contributed by atoms with van der Waals surface area (Å²) in [5.74, 6) is 0. The van der Waals surface area contributed by atoms with Crippen LogP contribution in [-0.2, 0) is 6.54 Å². The van der Waals surface area contributed by atoms with Gasteiger partial charge in [0.2, 0.25) is 0 Å². The molecule has 20 heavy (non-hydrogen) atoms. The van der Waals surface area contributed by atoms with E-state index in [-0.39, 0.29) is 10.6 Å². The molecular formula is C15H23N3O2. The SMILES string of the molecule is Cc1ccc(CNC(C)CN2CCCC2)cc1[N+](=O)[O-]. The average Bonchev–Trinajstić information content (AvgIpc) is 2.90. The summed E-state index contributed by atoms with van der Waals surface area (Å²) in [6, 6.07) is 5.84. The third-order valence-electron chi connectivity index (χ3n) is 3.86. The van der Waals surface area contributed by atoms with Crippen molar-refractivity contribution in [1.82, 2.24) is 10.2 Å². The topological polar surface area (TPSA) is 58.4 Å². The lowest BCUT2D eigenvalue weighted by molar-refractivity contribution is -0.385. The van der Waals surface area contributed by atoms with Crippen LogP contribution in [0.1, 0.15) is 30.9 Å². The highest BCUT2D eigenvalue weighted by Gasteiger charge is 2.15. The Labute approximate surface area is 120 Å². The molecule has 1 aromatic rings. The maximum atomic E-state index is 10.9. The monoisotopic (exact) mass is 277 g/mol. The van der Waals surface area contributed by atoms with Crippen LogP contribution in [0, 0.1) is 17.0 Å². The van der Waals surface area contributed by atoms with E-state index in [1.165, 1.54) is 25.9 Å². The van der Waals surface area contributed by atoms with Crippen LogP contribution in [0.3, 0.4) is 0 Å². The summed E-state index contributed by atoms with van der Waals surface area (Å²) in [5.41, 5.74) is 1.89. The third kappa shape index (κ3) is 4.02. The van der Waals surface area contributed by atoms with E-state index in [0.29, 0.717) is 18.2 Å². The molecule has 5 nitrogen and oxygen atoms in total. The number of nitrogens with zero attached hydrogens (tertiary/aromatic N) is 2. The van der Waals surface area contributed by atoms with Gasteiger partial charge < -0.3 is 10.2 Å². The molecule has 1 aliphatic heterocycles. The van der Waals surface area contributed by atoms with E-state index >= 15 is 0 Å². The lowest BCUT2D eigenvalue weighted by Crippen LogP contribution is -2.37. The van der Waals surface area contributed by atoms with E-state index in [0.717, 1.165) is 12.1 Å². The van der Waals surface area contributed by atoms with Gasteiger partial charge in [-0.25, -0.2) is 0 Å². The van der Waals surface area contributed by atoms with Gasteiger partial charge in [-0.3, -0.25) is 10.1 Å². The predicted molar refractivity (Wildman–Crippen MR) is 79.8 cm³/mol. The van der Waals surface area contributed by atoms with E-state index in [9.17, 15) is 10.1 Å². The van der Waals surface area contributed by atoms with Crippen molar-refractivity contribution in [3.63, 3.8) is 0 Å². The van der Waals surface area contributed by atoms with Crippen LogP contribution in [0.4, 0.5) is 5.69 Å². The van der Waals surface area contributed by atoms with Crippen LogP contribution >= 0.6 is 0 Å². The average molecular weight is 277 g/mol. The zero-order valence-electron chi connectivity index (χ0n) is 12.3. The summed E-state index contributed by atoms with van der Waals surface area (Å²) in [7, 11) is 0. The molecule has 0 spiro atoms. The molecule has 0 aromatic heterocycles. The summed E-state index contributed by atoms with van der Waals surface area (Å²) in [4.78, 5) is 13.1. The highest BCUT2D eigenvalue weighted by molar-refractivity contribution is 5.42. The van der Waals surface area contributed by atoms with Gasteiger partial charge in [0.05, 0.1) is 4.92 Å². The van der Waals surface area contributed by atoms with Crippen molar-refractivity contribution in [2.75, 3.05) is 19.6 Å². The lowest BCUT2D eigenvalue weighted by atomic mass is 10.1. The van der Waals surface area contributed by atoms with Gasteiger partial charge in [0.1, 0.15) is 0 Å². The molecule has 1 fully saturated rings. The first kappa shape index (κ1) is 14.9. The zero-order chi connectivity index (χ0) is 14.5. The second kappa shape index (κ2) is 6.81. The first-order valence-corrected chi connectivity index (χ1v) is 7.26. The molecule has 1 N–H and O–H groups in total. The van der Waals surface area contributed by atoms with Gasteiger partial charge in [-0.1, -0.05) is 12.1 Å². The summed E-state index contributed by atoms with van der Waals surface area (Å²) in [6.45, 7) is 8.06. The Bertz CT molecular complexity index is 470. The highest BCUT2D eigenvalue weighted by atomic mass is 16.6. The number of nitrogens with one attached hydrogen (secondary N) is 1. The second-order valence-electron chi connectivity index (χ2n) is 5.67. The molecule has 5 heteroatoms. The van der Waals surface area contributed by atoms with E-state index in [1.807, 2.05) is 12.1 Å². The highest BCUT2D eigenvalue weighted by Crippen LogP contribution is 2.19. The van der Waals surface area contributed by atoms with Crippen molar-refractivity contribution in [2.24, 2.45) is 0 Å². The molecule has 2 rings (SSSR count). The summed E-state index contributed by atoms with van der Waals surface area (Å²) < 4.78 is 0. The number of rotatable bonds is 6. The fourth-order valence-corrected chi connectivity index (χ4v) is 2.67. The molecule has 0 radical (unpaired) electrons. The minimum absolute atomic E-state index is 0.205. The van der Waals surface area contributed by atoms with Crippen LogP contribution in [0.15, 0.2) is 18.2 Å². The number of benzene rings is 1. The van der Waals surface area contributed by atoms with Crippen molar-refractivity contribution >= 4 is 5.69 Å². The summed E-state index contributed by atoms with van der Waals surface area (Å²) >= 11 is 0. The molecule has 1 aromatic carbocycles. The molecule has 1 heterocycles. The van der Waals surface area contributed by atoms with Gasteiger partial charge in [0.25, 0.3) is 5.69 Å². The lowest BCUT2D eigenvalue weighted by Gasteiger charge is -2.21. The van der Waals surface area contributed by atoms with Crippen molar-refractivity contribution in [3.8, 4) is 0 Å². The molecule has 110 valence electrons. The number of nitro groups is 1. The van der Waals surface area contributed by atoms with Gasteiger partial charge in [-0.15, -0.1) is 0 Å². The number of hydrogen-bond acceptors (Lipinski definition) is 4. The van der Waals surface area contributed by atoms with Crippen LogP contribution in [-0.4, -0.2) is 35.5 Å². The van der Waals surface area contributed by atoms with E-state index in [4.69, 9.17) is 0 Å². The number of aryl methyl sites for hydroxylation is 1. The van der Waals surface area contributed by atoms with Crippen molar-refractivity contribution < 1.29 is 4.92 Å². The Balaban J connectivity index is 1.86. The Kier molecular flexibility index (Phi) is 5.09. The minimum Gasteiger partial charge on any atom is -0.309 e. The normalized spacial score (nSPS) is 17.3. The van der Waals surface area contributed by atoms with E-state index in [2.05, 4.69) is 17.1 Å². The van der Waals surface area contributed by atoms with Crippen LogP contribution in [0.25, 0.3) is 0 Å². The molecule has 0 amide bonds. The Morgan fingerprint density at radius 3 is 2.75 bits per heavy atom. The van der Waals surface area contributed by atoms with E-state index < -0.39 is 0 Å². The Morgan fingerprint density at radius 1 is 1.40 bits per heavy atom. The van der Waals surface area contributed by atoms with Crippen molar-refractivity contribution in [1.29, 1.82) is 0 Å². The zero-order valence-corrected chi connectivity index (χ0v) is 12.3. The van der Waals surface area contributed by atoms with Gasteiger partial charge >= 0.3 is 0 Å². The third-order valence-corrected chi connectivity index (χ3v) is 3.86. The fourth-order valence-electron chi connectivity index (χ4n) is 2.67. The molecule has 0 bridgehead atoms. The molecular weight excluding hydrogens is 254 g/mol. The predicted octanol–water partition coefficient (Wildman–Crippen LogP) is 2.48. The first-order valence-electron chi connectivity index (χ1n) is 7.26.